The first-order valence-electron chi connectivity index (χ1n) is 10.8. The number of hydrogen-bond donors (Lipinski definition) is 0. The Morgan fingerprint density at radius 3 is 2.70 bits per heavy atom. The molecule has 0 bridgehead atoms. The van der Waals surface area contributed by atoms with Crippen LogP contribution < -0.4 is 4.74 Å². The fourth-order valence-corrected chi connectivity index (χ4v) is 3.51. The minimum Gasteiger partial charge on any atom is -0.484 e. The minimum absolute atomic E-state index is 0.00346. The topological polar surface area (TPSA) is 54.9 Å². The first-order valence-corrected chi connectivity index (χ1v) is 10.8. The number of pyridine rings is 1. The quantitative estimate of drug-likeness (QED) is 0.600. The Morgan fingerprint density at radius 1 is 1.20 bits per heavy atom. The van der Waals surface area contributed by atoms with Crippen LogP contribution in [-0.4, -0.2) is 66.7 Å². The molecule has 1 aromatic heterocycles. The number of nitrogens with zero attached hydrogens (tertiary/aromatic N) is 3. The van der Waals surface area contributed by atoms with Gasteiger partial charge in [-0.3, -0.25) is 14.7 Å². The molecule has 0 atom stereocenters. The van der Waals surface area contributed by atoms with E-state index in [0.29, 0.717) is 19.0 Å². The second kappa shape index (κ2) is 11.7. The monoisotopic (exact) mass is 411 g/mol. The average Bonchev–Trinajstić information content (AvgIpc) is 2.78. The van der Waals surface area contributed by atoms with Crippen molar-refractivity contribution in [3.05, 3.63) is 59.9 Å². The predicted molar refractivity (Wildman–Crippen MR) is 118 cm³/mol. The Hall–Kier alpha value is -2.44. The molecule has 0 spiro atoms. The zero-order valence-electron chi connectivity index (χ0n) is 18.1. The molecular formula is C24H33N3O3. The van der Waals surface area contributed by atoms with Gasteiger partial charge in [0.2, 0.25) is 0 Å². The molecule has 1 fully saturated rings. The van der Waals surface area contributed by atoms with E-state index in [2.05, 4.69) is 29.8 Å². The van der Waals surface area contributed by atoms with E-state index >= 15 is 0 Å². The van der Waals surface area contributed by atoms with Gasteiger partial charge in [-0.05, 0) is 47.7 Å². The van der Waals surface area contributed by atoms with Crippen LogP contribution >= 0.6 is 0 Å². The maximum atomic E-state index is 13.0. The zero-order valence-corrected chi connectivity index (χ0v) is 18.1. The normalized spacial score (nSPS) is 14.6. The number of benzene rings is 1. The highest BCUT2D eigenvalue weighted by Crippen LogP contribution is 2.20. The van der Waals surface area contributed by atoms with Crippen LogP contribution in [0.1, 0.15) is 37.3 Å². The van der Waals surface area contributed by atoms with Crippen molar-refractivity contribution < 1.29 is 14.3 Å². The predicted octanol–water partition coefficient (Wildman–Crippen LogP) is 3.33. The van der Waals surface area contributed by atoms with Crippen LogP contribution in [0.25, 0.3) is 0 Å². The summed E-state index contributed by atoms with van der Waals surface area (Å²) in [6.07, 6.45) is 4.46. The highest BCUT2D eigenvalue weighted by atomic mass is 16.5. The number of ether oxygens (including phenoxy) is 2. The fraction of sp³-hybridized carbons (Fsp3) is 0.500. The standard InChI is InChI=1S/C24H33N3O3/c1-20(2)22-5-3-6-23(17-22)30-19-24(28)27(18-21-7-9-25-10-8-21)12-4-11-26-13-15-29-16-14-26/h3,5-10,17,20H,4,11-16,18-19H2,1-2H3. The number of amides is 1. The van der Waals surface area contributed by atoms with E-state index in [9.17, 15) is 4.79 Å². The molecule has 2 heterocycles. The molecule has 162 valence electrons. The van der Waals surface area contributed by atoms with Gasteiger partial charge in [-0.2, -0.15) is 0 Å². The van der Waals surface area contributed by atoms with Gasteiger partial charge in [0, 0.05) is 45.1 Å². The number of hydrogen-bond acceptors (Lipinski definition) is 5. The number of morpholine rings is 1. The second-order valence-corrected chi connectivity index (χ2v) is 7.99. The molecule has 30 heavy (non-hydrogen) atoms. The lowest BCUT2D eigenvalue weighted by Gasteiger charge is -2.28. The summed E-state index contributed by atoms with van der Waals surface area (Å²) >= 11 is 0. The Labute approximate surface area is 179 Å². The van der Waals surface area contributed by atoms with Gasteiger partial charge < -0.3 is 14.4 Å². The largest absolute Gasteiger partial charge is 0.484 e. The van der Waals surface area contributed by atoms with E-state index in [-0.39, 0.29) is 12.5 Å². The van der Waals surface area contributed by atoms with Crippen molar-refractivity contribution in [3.8, 4) is 5.75 Å². The van der Waals surface area contributed by atoms with Gasteiger partial charge in [-0.15, -0.1) is 0 Å². The van der Waals surface area contributed by atoms with Gasteiger partial charge in [-0.25, -0.2) is 0 Å². The third-order valence-corrected chi connectivity index (χ3v) is 5.37. The summed E-state index contributed by atoms with van der Waals surface area (Å²) in [6.45, 7) is 10.1. The number of carbonyl (C=O) groups excluding carboxylic acids is 1. The van der Waals surface area contributed by atoms with E-state index in [1.165, 1.54) is 5.56 Å². The van der Waals surface area contributed by atoms with Crippen LogP contribution in [0.5, 0.6) is 5.75 Å². The van der Waals surface area contributed by atoms with Crippen LogP contribution in [0.2, 0.25) is 0 Å². The average molecular weight is 412 g/mol. The summed E-state index contributed by atoms with van der Waals surface area (Å²) in [5.41, 5.74) is 2.28. The highest BCUT2D eigenvalue weighted by molar-refractivity contribution is 5.77. The van der Waals surface area contributed by atoms with Gasteiger partial charge in [0.1, 0.15) is 5.75 Å². The van der Waals surface area contributed by atoms with Gasteiger partial charge in [0.05, 0.1) is 13.2 Å². The summed E-state index contributed by atoms with van der Waals surface area (Å²) in [7, 11) is 0. The van der Waals surface area contributed by atoms with E-state index in [0.717, 1.165) is 50.6 Å². The van der Waals surface area contributed by atoms with Crippen molar-refractivity contribution in [2.24, 2.45) is 0 Å². The van der Waals surface area contributed by atoms with Crippen LogP contribution in [0.4, 0.5) is 0 Å². The second-order valence-electron chi connectivity index (χ2n) is 7.99. The van der Waals surface area contributed by atoms with Crippen molar-refractivity contribution in [3.63, 3.8) is 0 Å². The minimum atomic E-state index is 0.00346. The molecule has 2 aromatic rings. The molecule has 1 saturated heterocycles. The zero-order chi connectivity index (χ0) is 21.2. The molecule has 0 radical (unpaired) electrons. The molecule has 0 unspecified atom stereocenters. The van der Waals surface area contributed by atoms with Crippen LogP contribution in [-0.2, 0) is 16.1 Å². The molecule has 0 saturated carbocycles. The lowest BCUT2D eigenvalue weighted by Crippen LogP contribution is -2.40. The molecule has 6 nitrogen and oxygen atoms in total. The Bertz CT molecular complexity index is 776. The molecular weight excluding hydrogens is 378 g/mol. The third kappa shape index (κ3) is 7.11. The number of carbonyl (C=O) groups is 1. The lowest BCUT2D eigenvalue weighted by molar-refractivity contribution is -0.134. The fourth-order valence-electron chi connectivity index (χ4n) is 3.51. The van der Waals surface area contributed by atoms with Gasteiger partial charge in [-0.1, -0.05) is 26.0 Å². The number of aromatic nitrogens is 1. The summed E-state index contributed by atoms with van der Waals surface area (Å²) in [6, 6.07) is 11.9. The summed E-state index contributed by atoms with van der Waals surface area (Å²) < 4.78 is 11.3. The Balaban J connectivity index is 1.56. The molecule has 1 aliphatic heterocycles. The maximum absolute atomic E-state index is 13.0. The van der Waals surface area contributed by atoms with Crippen molar-refractivity contribution in [2.75, 3.05) is 46.0 Å². The molecule has 0 N–H and O–H groups in total. The molecule has 1 aliphatic rings. The van der Waals surface area contributed by atoms with Crippen molar-refractivity contribution in [1.29, 1.82) is 0 Å². The molecule has 6 heteroatoms. The Kier molecular flexibility index (Phi) is 8.66. The number of rotatable bonds is 10. The van der Waals surface area contributed by atoms with E-state index in [4.69, 9.17) is 9.47 Å². The van der Waals surface area contributed by atoms with E-state index in [1.807, 2.05) is 35.2 Å². The lowest BCUT2D eigenvalue weighted by atomic mass is 10.0. The van der Waals surface area contributed by atoms with Crippen LogP contribution in [0.3, 0.4) is 0 Å². The van der Waals surface area contributed by atoms with E-state index < -0.39 is 0 Å². The van der Waals surface area contributed by atoms with Crippen molar-refractivity contribution in [2.45, 2.75) is 32.7 Å². The maximum Gasteiger partial charge on any atom is 0.260 e. The molecule has 1 aromatic carbocycles. The van der Waals surface area contributed by atoms with Gasteiger partial charge in [0.25, 0.3) is 5.91 Å². The highest BCUT2D eigenvalue weighted by Gasteiger charge is 2.17. The third-order valence-electron chi connectivity index (χ3n) is 5.37. The van der Waals surface area contributed by atoms with E-state index in [1.54, 1.807) is 12.4 Å². The van der Waals surface area contributed by atoms with Gasteiger partial charge in [0.15, 0.2) is 6.61 Å². The summed E-state index contributed by atoms with van der Waals surface area (Å²) in [5, 5.41) is 0. The SMILES string of the molecule is CC(C)c1cccc(OCC(=O)N(CCCN2CCOCC2)Cc2ccncc2)c1. The summed E-state index contributed by atoms with van der Waals surface area (Å²) in [5.74, 6) is 1.17. The first-order chi connectivity index (χ1) is 14.6. The van der Waals surface area contributed by atoms with Crippen LogP contribution in [0.15, 0.2) is 48.8 Å². The first kappa shape index (κ1) is 22.2. The van der Waals surface area contributed by atoms with Crippen LogP contribution in [0, 0.1) is 0 Å². The molecule has 0 aliphatic carbocycles. The van der Waals surface area contributed by atoms with Gasteiger partial charge >= 0.3 is 0 Å². The van der Waals surface area contributed by atoms with Crippen molar-refractivity contribution in [1.82, 2.24) is 14.8 Å². The summed E-state index contributed by atoms with van der Waals surface area (Å²) in [4.78, 5) is 21.3. The molecule has 3 rings (SSSR count). The van der Waals surface area contributed by atoms with Crippen molar-refractivity contribution >= 4 is 5.91 Å². The molecule has 1 amide bonds. The smallest absolute Gasteiger partial charge is 0.260 e. The Morgan fingerprint density at radius 2 is 1.97 bits per heavy atom.